The summed E-state index contributed by atoms with van der Waals surface area (Å²) in [4.78, 5) is 23.3. The number of hydrogen-bond donors (Lipinski definition) is 2. The average molecular weight is 366 g/mol. The number of hydrazine groups is 1. The van der Waals surface area contributed by atoms with E-state index in [1.807, 2.05) is 0 Å². The van der Waals surface area contributed by atoms with Crippen LogP contribution in [0.2, 0.25) is 0 Å². The number of carbonyl (C=O) groups is 2. The Labute approximate surface area is 147 Å². The van der Waals surface area contributed by atoms with Crippen LogP contribution in [0.4, 0.5) is 8.78 Å². The third-order valence-electron chi connectivity index (χ3n) is 2.96. The summed E-state index contributed by atoms with van der Waals surface area (Å²) in [5.41, 5.74) is 4.87. The number of alkyl halides is 2. The number of carbonyl (C=O) groups excluding carboxylic acids is 2. The van der Waals surface area contributed by atoms with Crippen LogP contribution in [0.1, 0.15) is 23.0 Å². The zero-order valence-electron chi connectivity index (χ0n) is 13.7. The first-order valence-electron chi connectivity index (χ1n) is 7.53. The topological polar surface area (TPSA) is 89.8 Å². The van der Waals surface area contributed by atoms with E-state index in [0.29, 0.717) is 5.56 Å². The standard InChI is InChI=1S/C17H16F2N2O5/c1-2-24-14-10-11(5-7-12(14)26-17(18)19)6-8-15(22)20-21-16(23)13-4-3-9-25-13/h3-10,17H,2H2,1H3,(H,20,22)(H,21,23)/b8-6+. The second-order valence-corrected chi connectivity index (χ2v) is 4.77. The van der Waals surface area contributed by atoms with Crippen LogP contribution < -0.4 is 20.3 Å². The lowest BCUT2D eigenvalue weighted by molar-refractivity contribution is -0.117. The van der Waals surface area contributed by atoms with Crippen LogP contribution in [0.5, 0.6) is 11.5 Å². The van der Waals surface area contributed by atoms with E-state index in [4.69, 9.17) is 9.15 Å². The number of ether oxygens (including phenoxy) is 2. The van der Waals surface area contributed by atoms with Gasteiger partial charge in [-0.25, -0.2) is 0 Å². The van der Waals surface area contributed by atoms with Gasteiger partial charge in [0.25, 0.3) is 5.91 Å². The Morgan fingerprint density at radius 1 is 1.23 bits per heavy atom. The van der Waals surface area contributed by atoms with Gasteiger partial charge in [0.05, 0.1) is 12.9 Å². The summed E-state index contributed by atoms with van der Waals surface area (Å²) >= 11 is 0. The number of hydrogen-bond acceptors (Lipinski definition) is 5. The monoisotopic (exact) mass is 366 g/mol. The molecule has 0 unspecified atom stereocenters. The fourth-order valence-corrected chi connectivity index (χ4v) is 1.89. The minimum Gasteiger partial charge on any atom is -0.490 e. The minimum absolute atomic E-state index is 0.0465. The van der Waals surface area contributed by atoms with Gasteiger partial charge in [0.1, 0.15) is 0 Å². The highest BCUT2D eigenvalue weighted by Crippen LogP contribution is 2.30. The molecule has 26 heavy (non-hydrogen) atoms. The Hall–Kier alpha value is -3.36. The zero-order valence-corrected chi connectivity index (χ0v) is 13.7. The molecule has 2 N–H and O–H groups in total. The van der Waals surface area contributed by atoms with Crippen LogP contribution in [0.25, 0.3) is 6.08 Å². The molecule has 0 radical (unpaired) electrons. The molecule has 0 aliphatic carbocycles. The van der Waals surface area contributed by atoms with Crippen molar-refractivity contribution >= 4 is 17.9 Å². The fourth-order valence-electron chi connectivity index (χ4n) is 1.89. The molecule has 0 bridgehead atoms. The fraction of sp³-hybridized carbons (Fsp3) is 0.176. The molecule has 0 fully saturated rings. The van der Waals surface area contributed by atoms with E-state index < -0.39 is 18.4 Å². The molecular formula is C17H16F2N2O5. The summed E-state index contributed by atoms with van der Waals surface area (Å²) < 4.78 is 39.2. The summed E-state index contributed by atoms with van der Waals surface area (Å²) in [5.74, 6) is -1.14. The summed E-state index contributed by atoms with van der Waals surface area (Å²) in [6.07, 6.45) is 3.90. The number of amides is 2. The number of nitrogens with one attached hydrogen (secondary N) is 2. The van der Waals surface area contributed by atoms with Crippen molar-refractivity contribution in [2.24, 2.45) is 0 Å². The van der Waals surface area contributed by atoms with Gasteiger partial charge in [-0.1, -0.05) is 6.07 Å². The highest BCUT2D eigenvalue weighted by Gasteiger charge is 2.11. The zero-order chi connectivity index (χ0) is 18.9. The van der Waals surface area contributed by atoms with Crippen LogP contribution in [0, 0.1) is 0 Å². The molecule has 1 heterocycles. The van der Waals surface area contributed by atoms with Gasteiger partial charge in [-0.15, -0.1) is 0 Å². The van der Waals surface area contributed by atoms with Crippen molar-refractivity contribution in [3.8, 4) is 11.5 Å². The van der Waals surface area contributed by atoms with Crippen molar-refractivity contribution in [3.63, 3.8) is 0 Å². The smallest absolute Gasteiger partial charge is 0.387 e. The summed E-state index contributed by atoms with van der Waals surface area (Å²) in [6.45, 7) is -1.02. The average Bonchev–Trinajstić information content (AvgIpc) is 3.14. The largest absolute Gasteiger partial charge is 0.490 e. The van der Waals surface area contributed by atoms with Gasteiger partial charge in [0.15, 0.2) is 17.3 Å². The molecule has 9 heteroatoms. The van der Waals surface area contributed by atoms with Crippen LogP contribution in [-0.2, 0) is 4.79 Å². The first-order valence-corrected chi connectivity index (χ1v) is 7.53. The number of furan rings is 1. The van der Waals surface area contributed by atoms with Crippen LogP contribution in [0.3, 0.4) is 0 Å². The van der Waals surface area contributed by atoms with Crippen LogP contribution in [-0.4, -0.2) is 25.0 Å². The van der Waals surface area contributed by atoms with Crippen molar-refractivity contribution in [2.75, 3.05) is 6.61 Å². The molecule has 0 aliphatic heterocycles. The molecular weight excluding hydrogens is 350 g/mol. The van der Waals surface area contributed by atoms with Crippen molar-refractivity contribution in [1.82, 2.24) is 10.9 Å². The highest BCUT2D eigenvalue weighted by atomic mass is 19.3. The molecule has 7 nitrogen and oxygen atoms in total. The van der Waals surface area contributed by atoms with Gasteiger partial charge in [-0.05, 0) is 42.8 Å². The van der Waals surface area contributed by atoms with E-state index in [-0.39, 0.29) is 23.9 Å². The number of benzene rings is 1. The summed E-state index contributed by atoms with van der Waals surface area (Å²) in [6, 6.07) is 7.22. The first kappa shape index (κ1) is 19.0. The molecule has 1 aromatic heterocycles. The quantitative estimate of drug-likeness (QED) is 0.581. The van der Waals surface area contributed by atoms with Gasteiger partial charge < -0.3 is 13.9 Å². The first-order chi connectivity index (χ1) is 12.5. The van der Waals surface area contributed by atoms with E-state index in [2.05, 4.69) is 15.6 Å². The lowest BCUT2D eigenvalue weighted by Crippen LogP contribution is -2.40. The molecule has 0 spiro atoms. The van der Waals surface area contributed by atoms with Crippen LogP contribution >= 0.6 is 0 Å². The van der Waals surface area contributed by atoms with E-state index >= 15 is 0 Å². The second kappa shape index (κ2) is 9.21. The van der Waals surface area contributed by atoms with Crippen molar-refractivity contribution in [3.05, 3.63) is 54.0 Å². The number of rotatable bonds is 7. The second-order valence-electron chi connectivity index (χ2n) is 4.77. The maximum Gasteiger partial charge on any atom is 0.387 e. The van der Waals surface area contributed by atoms with E-state index in [9.17, 15) is 18.4 Å². The number of halogens is 2. The molecule has 2 rings (SSSR count). The summed E-state index contributed by atoms with van der Waals surface area (Å²) in [5, 5.41) is 0. The maximum absolute atomic E-state index is 12.4. The van der Waals surface area contributed by atoms with Crippen LogP contribution in [0.15, 0.2) is 47.1 Å². The highest BCUT2D eigenvalue weighted by molar-refractivity contribution is 5.96. The van der Waals surface area contributed by atoms with E-state index in [1.165, 1.54) is 42.7 Å². The maximum atomic E-state index is 12.4. The Kier molecular flexibility index (Phi) is 6.72. The SMILES string of the molecule is CCOc1cc(/C=C/C(=O)NNC(=O)c2ccco2)ccc1OC(F)F. The molecule has 138 valence electrons. The van der Waals surface area contributed by atoms with Crippen molar-refractivity contribution < 1.29 is 32.3 Å². The molecule has 0 saturated heterocycles. The Balaban J connectivity index is 1.96. The lowest BCUT2D eigenvalue weighted by atomic mass is 10.2. The van der Waals surface area contributed by atoms with Crippen molar-refractivity contribution in [2.45, 2.75) is 13.5 Å². The minimum atomic E-state index is -2.97. The molecule has 0 aliphatic rings. The third kappa shape index (κ3) is 5.62. The molecule has 2 amide bonds. The third-order valence-corrected chi connectivity index (χ3v) is 2.96. The Bertz CT molecular complexity index is 775. The predicted octanol–water partition coefficient (Wildman–Crippen LogP) is 2.75. The molecule has 0 atom stereocenters. The van der Waals surface area contributed by atoms with E-state index in [0.717, 1.165) is 6.08 Å². The van der Waals surface area contributed by atoms with Gasteiger partial charge in [0.2, 0.25) is 0 Å². The lowest BCUT2D eigenvalue weighted by Gasteiger charge is -2.11. The Morgan fingerprint density at radius 3 is 2.69 bits per heavy atom. The van der Waals surface area contributed by atoms with E-state index in [1.54, 1.807) is 6.92 Å². The predicted molar refractivity (Wildman–Crippen MR) is 87.6 cm³/mol. The Morgan fingerprint density at radius 2 is 2.04 bits per heavy atom. The van der Waals surface area contributed by atoms with Gasteiger partial charge in [-0.2, -0.15) is 8.78 Å². The van der Waals surface area contributed by atoms with Gasteiger partial charge in [0, 0.05) is 6.08 Å². The summed E-state index contributed by atoms with van der Waals surface area (Å²) in [7, 11) is 0. The van der Waals surface area contributed by atoms with Crippen molar-refractivity contribution in [1.29, 1.82) is 0 Å². The normalized spacial score (nSPS) is 10.8. The van der Waals surface area contributed by atoms with Gasteiger partial charge in [-0.3, -0.25) is 20.4 Å². The molecule has 0 saturated carbocycles. The molecule has 1 aromatic carbocycles. The van der Waals surface area contributed by atoms with Gasteiger partial charge >= 0.3 is 12.5 Å². The molecule has 2 aromatic rings.